The molecule has 22 heavy (non-hydrogen) atoms. The predicted octanol–water partition coefficient (Wildman–Crippen LogP) is 4.33. The second kappa shape index (κ2) is 9.60. The van der Waals surface area contributed by atoms with Gasteiger partial charge in [0.25, 0.3) is 0 Å². The second-order valence-corrected chi connectivity index (χ2v) is 6.24. The molecule has 0 spiro atoms. The molecule has 0 heterocycles. The number of carbonyl (C=O) groups is 2. The highest BCUT2D eigenvalue weighted by Crippen LogP contribution is 2.51. The first kappa shape index (κ1) is 18.7. The van der Waals surface area contributed by atoms with Gasteiger partial charge in [0.05, 0.1) is 12.5 Å². The molecule has 1 rings (SSSR count). The van der Waals surface area contributed by atoms with Gasteiger partial charge in [-0.25, -0.2) is 0 Å². The molecular weight excluding hydrogens is 276 g/mol. The van der Waals surface area contributed by atoms with Crippen LogP contribution >= 0.6 is 0 Å². The lowest BCUT2D eigenvalue weighted by Crippen LogP contribution is -2.54. The van der Waals surface area contributed by atoms with Crippen molar-refractivity contribution in [3.8, 4) is 0 Å². The molecule has 124 valence electrons. The van der Waals surface area contributed by atoms with Crippen LogP contribution < -0.4 is 0 Å². The van der Waals surface area contributed by atoms with E-state index in [4.69, 9.17) is 4.74 Å². The fourth-order valence-electron chi connectivity index (χ4n) is 3.62. The summed E-state index contributed by atoms with van der Waals surface area (Å²) in [5.74, 6) is 0.00656. The van der Waals surface area contributed by atoms with Crippen molar-refractivity contribution < 1.29 is 14.3 Å². The summed E-state index contributed by atoms with van der Waals surface area (Å²) in [6, 6.07) is 0. The number of hydrogen-bond donors (Lipinski definition) is 0. The fourth-order valence-corrected chi connectivity index (χ4v) is 3.62. The van der Waals surface area contributed by atoms with Gasteiger partial charge in [0.2, 0.25) is 0 Å². The van der Waals surface area contributed by atoms with Crippen LogP contribution in [0.3, 0.4) is 0 Å². The quantitative estimate of drug-likeness (QED) is 0.324. The van der Waals surface area contributed by atoms with Gasteiger partial charge in [-0.15, -0.1) is 13.2 Å². The van der Waals surface area contributed by atoms with E-state index in [-0.39, 0.29) is 35.4 Å². The molecule has 1 aliphatic rings. The zero-order chi connectivity index (χ0) is 16.5. The Balaban J connectivity index is 2.78. The molecule has 0 saturated heterocycles. The number of ketones is 1. The Bertz CT molecular complexity index is 399. The summed E-state index contributed by atoms with van der Waals surface area (Å²) in [5.41, 5.74) is 0. The molecule has 0 radical (unpaired) electrons. The van der Waals surface area contributed by atoms with Crippen molar-refractivity contribution in [2.45, 2.75) is 52.4 Å². The number of ether oxygens (including phenoxy) is 1. The van der Waals surface area contributed by atoms with Gasteiger partial charge in [0.15, 0.2) is 0 Å². The Labute approximate surface area is 134 Å². The summed E-state index contributed by atoms with van der Waals surface area (Å²) in [4.78, 5) is 24.4. The van der Waals surface area contributed by atoms with Crippen molar-refractivity contribution in [2.75, 3.05) is 6.61 Å². The Hall–Kier alpha value is -1.38. The van der Waals surface area contributed by atoms with Crippen molar-refractivity contribution in [1.82, 2.24) is 0 Å². The Morgan fingerprint density at radius 1 is 1.05 bits per heavy atom. The van der Waals surface area contributed by atoms with Crippen molar-refractivity contribution in [3.05, 3.63) is 25.3 Å². The topological polar surface area (TPSA) is 43.4 Å². The third kappa shape index (κ3) is 4.56. The van der Waals surface area contributed by atoms with E-state index in [0.717, 1.165) is 38.5 Å². The van der Waals surface area contributed by atoms with E-state index < -0.39 is 0 Å². The van der Waals surface area contributed by atoms with Gasteiger partial charge in [-0.3, -0.25) is 9.59 Å². The van der Waals surface area contributed by atoms with E-state index in [1.54, 1.807) is 6.92 Å². The minimum Gasteiger partial charge on any atom is -0.465 e. The van der Waals surface area contributed by atoms with E-state index in [1.165, 1.54) is 0 Å². The number of esters is 1. The molecule has 1 saturated carbocycles. The summed E-state index contributed by atoms with van der Waals surface area (Å²) in [5, 5.41) is 0. The summed E-state index contributed by atoms with van der Waals surface area (Å²) in [7, 11) is 0. The maximum atomic E-state index is 12.4. The Morgan fingerprint density at radius 2 is 1.59 bits per heavy atom. The van der Waals surface area contributed by atoms with Crippen LogP contribution in [0, 0.1) is 23.7 Å². The molecule has 0 unspecified atom stereocenters. The highest BCUT2D eigenvalue weighted by atomic mass is 16.5. The van der Waals surface area contributed by atoms with Crippen LogP contribution in [0.1, 0.15) is 52.4 Å². The van der Waals surface area contributed by atoms with E-state index in [2.05, 4.69) is 20.1 Å². The number of allylic oxidation sites excluding steroid dienone is 2. The molecule has 3 nitrogen and oxygen atoms in total. The first-order valence-corrected chi connectivity index (χ1v) is 8.47. The van der Waals surface area contributed by atoms with Crippen molar-refractivity contribution in [3.63, 3.8) is 0 Å². The highest BCUT2D eigenvalue weighted by molar-refractivity contribution is 5.87. The molecule has 0 bridgehead atoms. The zero-order valence-electron chi connectivity index (χ0n) is 14.1. The monoisotopic (exact) mass is 306 g/mol. The van der Waals surface area contributed by atoms with Crippen LogP contribution in [-0.4, -0.2) is 18.4 Å². The standard InChI is InChI=1S/C19H30O3/c1-5-8-11-15-16(12-9-6-2)18(17(15)14(4)20)19(21)22-13-10-7-3/h5-6,15-18H,1-2,7-13H2,3-4H3/t15-,16-,17-,18+/m1/s1. The lowest BCUT2D eigenvalue weighted by Gasteiger charge is -2.50. The molecule has 0 N–H and O–H groups in total. The number of hydrogen-bond acceptors (Lipinski definition) is 3. The van der Waals surface area contributed by atoms with Gasteiger partial charge in [-0.2, -0.15) is 0 Å². The minimum atomic E-state index is -0.260. The van der Waals surface area contributed by atoms with Crippen molar-refractivity contribution >= 4 is 11.8 Å². The molecule has 1 fully saturated rings. The SMILES string of the molecule is C=CCC[C@@H]1[C@@H](CCC=C)[C@H](C(=O)OCCCC)[C@@H]1C(C)=O. The van der Waals surface area contributed by atoms with Gasteiger partial charge in [-0.05, 0) is 50.9 Å². The predicted molar refractivity (Wildman–Crippen MR) is 89.4 cm³/mol. The smallest absolute Gasteiger partial charge is 0.309 e. The lowest BCUT2D eigenvalue weighted by molar-refractivity contribution is -0.171. The molecule has 3 heteroatoms. The van der Waals surface area contributed by atoms with E-state index in [1.807, 2.05) is 12.2 Å². The van der Waals surface area contributed by atoms with Gasteiger partial charge in [0, 0.05) is 5.92 Å². The first-order chi connectivity index (χ1) is 10.6. The number of Topliss-reactive ketones (excluding diaryl/α,β-unsaturated/α-hetero) is 1. The minimum absolute atomic E-state index is 0.112. The molecule has 0 aromatic rings. The Kier molecular flexibility index (Phi) is 8.15. The van der Waals surface area contributed by atoms with Crippen LogP contribution in [0.25, 0.3) is 0 Å². The fraction of sp³-hybridized carbons (Fsp3) is 0.684. The van der Waals surface area contributed by atoms with Crippen LogP contribution in [-0.2, 0) is 14.3 Å². The van der Waals surface area contributed by atoms with Crippen molar-refractivity contribution in [2.24, 2.45) is 23.7 Å². The Morgan fingerprint density at radius 3 is 2.05 bits per heavy atom. The molecule has 0 aromatic carbocycles. The van der Waals surface area contributed by atoms with Gasteiger partial charge in [-0.1, -0.05) is 25.5 Å². The largest absolute Gasteiger partial charge is 0.465 e. The first-order valence-electron chi connectivity index (χ1n) is 8.47. The summed E-state index contributed by atoms with van der Waals surface area (Å²) in [6.45, 7) is 11.6. The van der Waals surface area contributed by atoms with Crippen LogP contribution in [0.4, 0.5) is 0 Å². The average molecular weight is 306 g/mol. The van der Waals surface area contributed by atoms with E-state index in [9.17, 15) is 9.59 Å². The highest BCUT2D eigenvalue weighted by Gasteiger charge is 2.55. The maximum absolute atomic E-state index is 12.4. The van der Waals surface area contributed by atoms with Gasteiger partial charge >= 0.3 is 5.97 Å². The second-order valence-electron chi connectivity index (χ2n) is 6.24. The summed E-state index contributed by atoms with van der Waals surface area (Å²) >= 11 is 0. The molecule has 1 aliphatic carbocycles. The maximum Gasteiger partial charge on any atom is 0.309 e. The van der Waals surface area contributed by atoms with E-state index in [0.29, 0.717) is 6.61 Å². The molecular formula is C19H30O3. The number of rotatable bonds is 11. The van der Waals surface area contributed by atoms with Crippen LogP contribution in [0.2, 0.25) is 0 Å². The van der Waals surface area contributed by atoms with Crippen LogP contribution in [0.5, 0.6) is 0 Å². The van der Waals surface area contributed by atoms with Crippen molar-refractivity contribution in [1.29, 1.82) is 0 Å². The zero-order valence-corrected chi connectivity index (χ0v) is 14.1. The molecule has 0 amide bonds. The molecule has 0 aromatic heterocycles. The normalized spacial score (nSPS) is 26.8. The third-order valence-corrected chi connectivity index (χ3v) is 4.75. The van der Waals surface area contributed by atoms with Gasteiger partial charge < -0.3 is 4.74 Å². The summed E-state index contributed by atoms with van der Waals surface area (Å²) < 4.78 is 5.39. The van der Waals surface area contributed by atoms with Gasteiger partial charge in [0.1, 0.15) is 5.78 Å². The number of carbonyl (C=O) groups excluding carboxylic acids is 2. The number of unbranched alkanes of at least 4 members (excludes halogenated alkanes) is 1. The molecule has 4 atom stereocenters. The third-order valence-electron chi connectivity index (χ3n) is 4.75. The molecule has 0 aliphatic heterocycles. The van der Waals surface area contributed by atoms with E-state index >= 15 is 0 Å². The lowest BCUT2D eigenvalue weighted by atomic mass is 9.53. The van der Waals surface area contributed by atoms with Crippen LogP contribution in [0.15, 0.2) is 25.3 Å². The average Bonchev–Trinajstić information content (AvgIpc) is 2.46. The summed E-state index contributed by atoms with van der Waals surface area (Å²) in [6.07, 6.45) is 9.22.